The van der Waals surface area contributed by atoms with E-state index in [9.17, 15) is 4.79 Å². The van der Waals surface area contributed by atoms with E-state index in [1.807, 2.05) is 36.0 Å². The zero-order chi connectivity index (χ0) is 15.2. The molecule has 1 N–H and O–H groups in total. The average Bonchev–Trinajstić information content (AvgIpc) is 3.01. The second-order valence-corrected chi connectivity index (χ2v) is 5.53. The molecule has 2 heterocycles. The van der Waals surface area contributed by atoms with Crippen LogP contribution in [0.1, 0.15) is 25.1 Å². The number of rotatable bonds is 5. The number of morpholine rings is 1. The first-order valence-corrected chi connectivity index (χ1v) is 7.46. The summed E-state index contributed by atoms with van der Waals surface area (Å²) >= 11 is 0. The topological polar surface area (TPSA) is 58.0 Å². The van der Waals surface area contributed by atoms with Gasteiger partial charge in [-0.25, -0.2) is 4.79 Å². The molecule has 6 heteroatoms. The lowest BCUT2D eigenvalue weighted by molar-refractivity contribution is -0.0155. The first-order chi connectivity index (χ1) is 10.1. The van der Waals surface area contributed by atoms with Crippen LogP contribution >= 0.6 is 0 Å². The first-order valence-electron chi connectivity index (χ1n) is 7.46. The molecule has 2 rings (SSSR count). The van der Waals surface area contributed by atoms with Crippen LogP contribution in [0.5, 0.6) is 0 Å². The monoisotopic (exact) mass is 295 g/mol. The lowest BCUT2D eigenvalue weighted by Crippen LogP contribution is -2.50. The second kappa shape index (κ2) is 7.47. The smallest absolute Gasteiger partial charge is 0.317 e. The number of furan rings is 1. The average molecular weight is 295 g/mol. The molecule has 118 valence electrons. The number of amides is 2. The molecule has 0 bridgehead atoms. The fraction of sp³-hybridized carbons (Fsp3) is 0.667. The van der Waals surface area contributed by atoms with E-state index in [0.717, 1.165) is 12.2 Å². The molecule has 0 saturated carbocycles. The largest absolute Gasteiger partial charge is 0.468 e. The van der Waals surface area contributed by atoms with E-state index in [4.69, 9.17) is 9.15 Å². The standard InChI is InChI=1S/C15H25N3O3/c1-4-12-11-18(7-9-20-12)15(19)16-10-13(17(2)3)14-6-5-8-21-14/h5-6,8,12-13H,4,7,9-11H2,1-3H3,(H,16,19)/t12-,13-/m0/s1. The molecular weight excluding hydrogens is 270 g/mol. The third-order valence-corrected chi connectivity index (χ3v) is 3.82. The minimum Gasteiger partial charge on any atom is -0.468 e. The molecule has 1 fully saturated rings. The van der Waals surface area contributed by atoms with Gasteiger partial charge >= 0.3 is 6.03 Å². The zero-order valence-electron chi connectivity index (χ0n) is 13.0. The number of nitrogens with one attached hydrogen (secondary N) is 1. The van der Waals surface area contributed by atoms with Gasteiger partial charge in [-0.3, -0.25) is 4.90 Å². The van der Waals surface area contributed by atoms with Gasteiger partial charge in [-0.2, -0.15) is 0 Å². The molecule has 0 aliphatic carbocycles. The summed E-state index contributed by atoms with van der Waals surface area (Å²) in [5.41, 5.74) is 0. The predicted octanol–water partition coefficient (Wildman–Crippen LogP) is 1.70. The maximum Gasteiger partial charge on any atom is 0.317 e. The van der Waals surface area contributed by atoms with Crippen LogP contribution in [0.4, 0.5) is 4.79 Å². The molecule has 0 radical (unpaired) electrons. The Balaban J connectivity index is 1.87. The van der Waals surface area contributed by atoms with Crippen molar-refractivity contribution in [2.75, 3.05) is 40.3 Å². The van der Waals surface area contributed by atoms with Gasteiger partial charge in [0.25, 0.3) is 0 Å². The van der Waals surface area contributed by atoms with E-state index in [2.05, 4.69) is 12.2 Å². The highest BCUT2D eigenvalue weighted by atomic mass is 16.5. The fourth-order valence-corrected chi connectivity index (χ4v) is 2.47. The van der Waals surface area contributed by atoms with Crippen molar-refractivity contribution < 1.29 is 13.9 Å². The van der Waals surface area contributed by atoms with Crippen LogP contribution in [0.25, 0.3) is 0 Å². The van der Waals surface area contributed by atoms with Crippen LogP contribution in [0, 0.1) is 0 Å². The molecular formula is C15H25N3O3. The Kier molecular flexibility index (Phi) is 5.64. The molecule has 2 atom stereocenters. The van der Waals surface area contributed by atoms with Crippen molar-refractivity contribution >= 4 is 6.03 Å². The summed E-state index contributed by atoms with van der Waals surface area (Å²) < 4.78 is 11.0. The van der Waals surface area contributed by atoms with Gasteiger partial charge in [0.1, 0.15) is 5.76 Å². The van der Waals surface area contributed by atoms with Crippen LogP contribution in [0.3, 0.4) is 0 Å². The van der Waals surface area contributed by atoms with Gasteiger partial charge in [-0.15, -0.1) is 0 Å². The molecule has 2 amide bonds. The molecule has 0 spiro atoms. The molecule has 1 aliphatic heterocycles. The van der Waals surface area contributed by atoms with Gasteiger partial charge < -0.3 is 19.4 Å². The van der Waals surface area contributed by atoms with Gasteiger partial charge in [0.15, 0.2) is 0 Å². The molecule has 1 aliphatic rings. The van der Waals surface area contributed by atoms with E-state index < -0.39 is 0 Å². The maximum atomic E-state index is 12.3. The Hall–Kier alpha value is -1.53. The number of carbonyl (C=O) groups is 1. The van der Waals surface area contributed by atoms with Gasteiger partial charge in [-0.1, -0.05) is 6.92 Å². The molecule has 1 saturated heterocycles. The zero-order valence-corrected chi connectivity index (χ0v) is 13.0. The molecule has 1 aromatic rings. The number of ether oxygens (including phenoxy) is 1. The van der Waals surface area contributed by atoms with Crippen molar-refractivity contribution in [3.63, 3.8) is 0 Å². The van der Waals surface area contributed by atoms with Crippen molar-refractivity contribution in [1.82, 2.24) is 15.1 Å². The van der Waals surface area contributed by atoms with Gasteiger partial charge in [0.2, 0.25) is 0 Å². The van der Waals surface area contributed by atoms with E-state index in [1.54, 1.807) is 6.26 Å². The Morgan fingerprint density at radius 3 is 3.00 bits per heavy atom. The summed E-state index contributed by atoms with van der Waals surface area (Å²) in [5.74, 6) is 0.855. The Morgan fingerprint density at radius 1 is 1.57 bits per heavy atom. The van der Waals surface area contributed by atoms with Crippen LogP contribution in [0.2, 0.25) is 0 Å². The molecule has 0 unspecified atom stereocenters. The maximum absolute atomic E-state index is 12.3. The minimum absolute atomic E-state index is 0.0323. The molecule has 0 aromatic carbocycles. The van der Waals surface area contributed by atoms with Crippen LogP contribution in [0.15, 0.2) is 22.8 Å². The Bertz CT molecular complexity index is 433. The third-order valence-electron chi connectivity index (χ3n) is 3.82. The van der Waals surface area contributed by atoms with Crippen molar-refractivity contribution in [2.45, 2.75) is 25.5 Å². The molecule has 1 aromatic heterocycles. The first kappa shape index (κ1) is 15.9. The van der Waals surface area contributed by atoms with Crippen molar-refractivity contribution in [3.05, 3.63) is 24.2 Å². The lowest BCUT2D eigenvalue weighted by atomic mass is 10.2. The minimum atomic E-state index is -0.0323. The van der Waals surface area contributed by atoms with Crippen LogP contribution in [-0.4, -0.2) is 62.3 Å². The summed E-state index contributed by atoms with van der Waals surface area (Å²) in [7, 11) is 3.95. The SMILES string of the molecule is CC[C@H]1CN(C(=O)NC[C@@H](c2ccco2)N(C)C)CCO1. The Morgan fingerprint density at radius 2 is 2.38 bits per heavy atom. The molecule has 6 nitrogen and oxygen atoms in total. The van der Waals surface area contributed by atoms with E-state index in [0.29, 0.717) is 26.2 Å². The van der Waals surface area contributed by atoms with Gasteiger partial charge in [0, 0.05) is 19.6 Å². The highest BCUT2D eigenvalue weighted by Gasteiger charge is 2.24. The number of urea groups is 1. The summed E-state index contributed by atoms with van der Waals surface area (Å²) in [6, 6.07) is 3.79. The number of nitrogens with zero attached hydrogens (tertiary/aromatic N) is 2. The third kappa shape index (κ3) is 4.22. The van der Waals surface area contributed by atoms with Gasteiger partial charge in [-0.05, 0) is 32.6 Å². The summed E-state index contributed by atoms with van der Waals surface area (Å²) in [6.45, 7) is 4.52. The quantitative estimate of drug-likeness (QED) is 0.898. The summed E-state index contributed by atoms with van der Waals surface area (Å²) in [4.78, 5) is 16.1. The van der Waals surface area contributed by atoms with Gasteiger partial charge in [0.05, 0.1) is 25.0 Å². The fourth-order valence-electron chi connectivity index (χ4n) is 2.47. The number of likely N-dealkylation sites (N-methyl/N-ethyl adjacent to an activating group) is 1. The van der Waals surface area contributed by atoms with Crippen LogP contribution < -0.4 is 5.32 Å². The highest BCUT2D eigenvalue weighted by Crippen LogP contribution is 2.17. The predicted molar refractivity (Wildman–Crippen MR) is 80.1 cm³/mol. The Labute approximate surface area is 126 Å². The van der Waals surface area contributed by atoms with E-state index in [-0.39, 0.29) is 18.2 Å². The van der Waals surface area contributed by atoms with Crippen molar-refractivity contribution in [3.8, 4) is 0 Å². The normalized spacial score (nSPS) is 20.6. The number of carbonyl (C=O) groups excluding carboxylic acids is 1. The van der Waals surface area contributed by atoms with E-state index in [1.165, 1.54) is 0 Å². The highest BCUT2D eigenvalue weighted by molar-refractivity contribution is 5.74. The molecule has 21 heavy (non-hydrogen) atoms. The van der Waals surface area contributed by atoms with E-state index >= 15 is 0 Å². The van der Waals surface area contributed by atoms with Crippen LogP contribution in [-0.2, 0) is 4.74 Å². The van der Waals surface area contributed by atoms with Crippen molar-refractivity contribution in [2.24, 2.45) is 0 Å². The summed E-state index contributed by atoms with van der Waals surface area (Å²) in [5, 5.41) is 3.00. The number of hydrogen-bond acceptors (Lipinski definition) is 4. The lowest BCUT2D eigenvalue weighted by Gasteiger charge is -2.33. The van der Waals surface area contributed by atoms with Crippen molar-refractivity contribution in [1.29, 1.82) is 0 Å². The number of hydrogen-bond donors (Lipinski definition) is 1. The summed E-state index contributed by atoms with van der Waals surface area (Å²) in [6.07, 6.45) is 2.73. The second-order valence-electron chi connectivity index (χ2n) is 5.53.